The van der Waals surface area contributed by atoms with Crippen molar-refractivity contribution in [2.75, 3.05) is 0 Å². The molecule has 2 aromatic rings. The van der Waals surface area contributed by atoms with E-state index >= 15 is 0 Å². The molecular weight excluding hydrogens is 398 g/mol. The Bertz CT molecular complexity index is 736. The normalized spacial score (nSPS) is 13.8. The van der Waals surface area contributed by atoms with Gasteiger partial charge in [-0.25, -0.2) is 0 Å². The van der Waals surface area contributed by atoms with Crippen LogP contribution in [0.4, 0.5) is 0 Å². The molecule has 0 saturated carbocycles. The van der Waals surface area contributed by atoms with Crippen molar-refractivity contribution in [2.45, 2.75) is 13.5 Å². The van der Waals surface area contributed by atoms with Crippen LogP contribution in [0.5, 0.6) is 0 Å². The molecule has 1 aliphatic rings. The number of nitrogens with zero attached hydrogens (tertiary/aromatic N) is 1. The third kappa shape index (κ3) is 2.45. The summed E-state index contributed by atoms with van der Waals surface area (Å²) in [6.07, 6.45) is 0. The van der Waals surface area contributed by atoms with Crippen molar-refractivity contribution >= 4 is 43.7 Å². The standard InChI is InChI=1S/C16H11Br2NO2/c1-9-6-13(17)14(18)7-10(9)8-19-15(20)11-4-2-3-5-12(11)16(19)21/h2-7H,8H2,1H3. The predicted octanol–water partition coefficient (Wildman–Crippen LogP) is 4.32. The van der Waals surface area contributed by atoms with Crippen molar-refractivity contribution in [1.82, 2.24) is 4.90 Å². The molecule has 2 amide bonds. The van der Waals surface area contributed by atoms with Crippen molar-refractivity contribution in [3.8, 4) is 0 Å². The van der Waals surface area contributed by atoms with Crippen molar-refractivity contribution in [1.29, 1.82) is 0 Å². The van der Waals surface area contributed by atoms with E-state index in [1.54, 1.807) is 24.3 Å². The molecule has 106 valence electrons. The predicted molar refractivity (Wildman–Crippen MR) is 87.2 cm³/mol. The lowest BCUT2D eigenvalue weighted by Gasteiger charge is -2.16. The second kappa shape index (κ2) is 5.39. The fourth-order valence-electron chi connectivity index (χ4n) is 2.41. The van der Waals surface area contributed by atoms with Gasteiger partial charge in [-0.15, -0.1) is 0 Å². The maximum Gasteiger partial charge on any atom is 0.261 e. The first-order valence-electron chi connectivity index (χ1n) is 6.39. The number of benzene rings is 2. The van der Waals surface area contributed by atoms with Gasteiger partial charge in [-0.3, -0.25) is 14.5 Å². The van der Waals surface area contributed by atoms with E-state index in [2.05, 4.69) is 31.9 Å². The van der Waals surface area contributed by atoms with Crippen LogP contribution in [0.2, 0.25) is 0 Å². The Kier molecular flexibility index (Phi) is 3.71. The van der Waals surface area contributed by atoms with E-state index in [9.17, 15) is 9.59 Å². The zero-order valence-corrected chi connectivity index (χ0v) is 14.4. The summed E-state index contributed by atoms with van der Waals surface area (Å²) in [6.45, 7) is 2.24. The number of rotatable bonds is 2. The Balaban J connectivity index is 1.96. The lowest BCUT2D eigenvalue weighted by molar-refractivity contribution is 0.0642. The molecule has 0 saturated heterocycles. The SMILES string of the molecule is Cc1cc(Br)c(Br)cc1CN1C(=O)c2ccccc2C1=O. The number of hydrogen-bond donors (Lipinski definition) is 0. The van der Waals surface area contributed by atoms with Gasteiger partial charge in [0.1, 0.15) is 0 Å². The molecule has 2 aromatic carbocycles. The summed E-state index contributed by atoms with van der Waals surface area (Å²) in [5.41, 5.74) is 2.94. The molecule has 0 aliphatic carbocycles. The lowest BCUT2D eigenvalue weighted by Crippen LogP contribution is -2.29. The average Bonchev–Trinajstić information content (AvgIpc) is 2.70. The Morgan fingerprint density at radius 3 is 2.05 bits per heavy atom. The van der Waals surface area contributed by atoms with Crippen molar-refractivity contribution in [2.24, 2.45) is 0 Å². The first-order valence-corrected chi connectivity index (χ1v) is 7.97. The van der Waals surface area contributed by atoms with Gasteiger partial charge in [0.2, 0.25) is 0 Å². The molecular formula is C16H11Br2NO2. The molecule has 1 heterocycles. The Hall–Kier alpha value is -1.46. The van der Waals surface area contributed by atoms with Gasteiger partial charge in [-0.05, 0) is 74.2 Å². The number of aryl methyl sites for hydroxylation is 1. The number of halogens is 2. The highest BCUT2D eigenvalue weighted by Crippen LogP contribution is 2.29. The van der Waals surface area contributed by atoms with Crippen LogP contribution in [0.1, 0.15) is 31.8 Å². The minimum absolute atomic E-state index is 0.228. The monoisotopic (exact) mass is 407 g/mol. The zero-order valence-electron chi connectivity index (χ0n) is 11.2. The van der Waals surface area contributed by atoms with Gasteiger partial charge in [0.15, 0.2) is 0 Å². The van der Waals surface area contributed by atoms with Crippen LogP contribution in [0, 0.1) is 6.92 Å². The molecule has 5 heteroatoms. The molecule has 3 nitrogen and oxygen atoms in total. The number of fused-ring (bicyclic) bond motifs is 1. The maximum absolute atomic E-state index is 12.4. The number of amides is 2. The summed E-state index contributed by atoms with van der Waals surface area (Å²) in [5.74, 6) is -0.455. The van der Waals surface area contributed by atoms with Gasteiger partial charge in [-0.1, -0.05) is 12.1 Å². The molecule has 0 atom stereocenters. The summed E-state index contributed by atoms with van der Waals surface area (Å²) >= 11 is 6.90. The highest BCUT2D eigenvalue weighted by atomic mass is 79.9. The molecule has 0 bridgehead atoms. The largest absolute Gasteiger partial charge is 0.270 e. The van der Waals surface area contributed by atoms with Crippen LogP contribution in [-0.2, 0) is 6.54 Å². The average molecular weight is 409 g/mol. The molecule has 0 unspecified atom stereocenters. The van der Waals surface area contributed by atoms with Gasteiger partial charge in [0, 0.05) is 8.95 Å². The zero-order chi connectivity index (χ0) is 15.1. The van der Waals surface area contributed by atoms with E-state index in [1.165, 1.54) is 4.90 Å². The third-order valence-electron chi connectivity index (χ3n) is 3.59. The summed E-state index contributed by atoms with van der Waals surface area (Å²) in [4.78, 5) is 26.0. The minimum Gasteiger partial charge on any atom is -0.270 e. The van der Waals surface area contributed by atoms with Crippen molar-refractivity contribution in [3.63, 3.8) is 0 Å². The second-order valence-electron chi connectivity index (χ2n) is 4.93. The number of hydrogen-bond acceptors (Lipinski definition) is 2. The molecule has 0 radical (unpaired) electrons. The van der Waals surface area contributed by atoms with Crippen LogP contribution in [0.25, 0.3) is 0 Å². The summed E-state index contributed by atoms with van der Waals surface area (Å²) in [7, 11) is 0. The first kappa shape index (κ1) is 14.5. The van der Waals surface area contributed by atoms with Gasteiger partial charge < -0.3 is 0 Å². The van der Waals surface area contributed by atoms with E-state index in [0.717, 1.165) is 20.1 Å². The summed E-state index contributed by atoms with van der Waals surface area (Å²) in [5, 5.41) is 0. The first-order chi connectivity index (χ1) is 9.99. The van der Waals surface area contributed by atoms with Gasteiger partial charge >= 0.3 is 0 Å². The molecule has 0 N–H and O–H groups in total. The van der Waals surface area contributed by atoms with E-state index < -0.39 is 0 Å². The fourth-order valence-corrected chi connectivity index (χ4v) is 3.26. The van der Waals surface area contributed by atoms with E-state index in [-0.39, 0.29) is 18.4 Å². The summed E-state index contributed by atoms with van der Waals surface area (Å²) in [6, 6.07) is 10.8. The van der Waals surface area contributed by atoms with E-state index in [4.69, 9.17) is 0 Å². The molecule has 0 aromatic heterocycles. The topological polar surface area (TPSA) is 37.4 Å². The highest BCUT2D eigenvalue weighted by molar-refractivity contribution is 9.13. The van der Waals surface area contributed by atoms with Crippen LogP contribution >= 0.6 is 31.9 Å². The number of imide groups is 1. The van der Waals surface area contributed by atoms with E-state index in [1.807, 2.05) is 19.1 Å². The van der Waals surface area contributed by atoms with E-state index in [0.29, 0.717) is 11.1 Å². The second-order valence-corrected chi connectivity index (χ2v) is 6.64. The Morgan fingerprint density at radius 1 is 0.952 bits per heavy atom. The smallest absolute Gasteiger partial charge is 0.261 e. The Morgan fingerprint density at radius 2 is 1.48 bits per heavy atom. The van der Waals surface area contributed by atoms with Crippen LogP contribution < -0.4 is 0 Å². The third-order valence-corrected chi connectivity index (χ3v) is 5.43. The maximum atomic E-state index is 12.4. The molecule has 1 aliphatic heterocycles. The number of carbonyl (C=O) groups excluding carboxylic acids is 2. The van der Waals surface area contributed by atoms with Crippen LogP contribution in [0.15, 0.2) is 45.3 Å². The fraction of sp³-hybridized carbons (Fsp3) is 0.125. The Labute approximate surface area is 139 Å². The molecule has 21 heavy (non-hydrogen) atoms. The van der Waals surface area contributed by atoms with Crippen LogP contribution in [-0.4, -0.2) is 16.7 Å². The quantitative estimate of drug-likeness (QED) is 0.694. The molecule has 3 rings (SSSR count). The van der Waals surface area contributed by atoms with Gasteiger partial charge in [0.25, 0.3) is 11.8 Å². The van der Waals surface area contributed by atoms with Crippen LogP contribution in [0.3, 0.4) is 0 Å². The van der Waals surface area contributed by atoms with Gasteiger partial charge in [-0.2, -0.15) is 0 Å². The minimum atomic E-state index is -0.228. The highest BCUT2D eigenvalue weighted by Gasteiger charge is 2.35. The number of carbonyl (C=O) groups is 2. The van der Waals surface area contributed by atoms with Crippen molar-refractivity contribution in [3.05, 3.63) is 67.6 Å². The van der Waals surface area contributed by atoms with Gasteiger partial charge in [0.05, 0.1) is 17.7 Å². The lowest BCUT2D eigenvalue weighted by atomic mass is 10.1. The van der Waals surface area contributed by atoms with Crippen molar-refractivity contribution < 1.29 is 9.59 Å². The summed E-state index contributed by atoms with van der Waals surface area (Å²) < 4.78 is 1.85. The molecule has 0 spiro atoms. The molecule has 0 fully saturated rings.